The van der Waals surface area contributed by atoms with Gasteiger partial charge in [-0.1, -0.05) is 25.3 Å². The number of aromatic amines is 1. The minimum atomic E-state index is -4.28. The predicted octanol–water partition coefficient (Wildman–Crippen LogP) is 4.73. The van der Waals surface area contributed by atoms with E-state index in [2.05, 4.69) is 30.4 Å². The monoisotopic (exact) mass is 599 g/mol. The molecule has 1 fully saturated rings. The van der Waals surface area contributed by atoms with Gasteiger partial charge in [0.15, 0.2) is 17.1 Å². The minimum Gasteiger partial charge on any atom is -0.369 e. The van der Waals surface area contributed by atoms with Crippen LogP contribution in [0, 0.1) is 5.82 Å². The summed E-state index contributed by atoms with van der Waals surface area (Å²) in [5.74, 6) is -0.659. The van der Waals surface area contributed by atoms with Gasteiger partial charge in [-0.2, -0.15) is 18.3 Å². The summed E-state index contributed by atoms with van der Waals surface area (Å²) < 4.78 is 54.6. The second-order valence-corrected chi connectivity index (χ2v) is 10.5. The Kier molecular flexibility index (Phi) is 12.9. The van der Waals surface area contributed by atoms with Gasteiger partial charge >= 0.3 is 6.18 Å². The van der Waals surface area contributed by atoms with Crippen LogP contribution in [0.1, 0.15) is 74.9 Å². The average molecular weight is 600 g/mol. The Morgan fingerprint density at radius 3 is 2.40 bits per heavy atom. The van der Waals surface area contributed by atoms with Gasteiger partial charge in [0.2, 0.25) is 6.41 Å². The van der Waals surface area contributed by atoms with Crippen LogP contribution in [0.15, 0.2) is 24.4 Å². The molecule has 0 aliphatic heterocycles. The van der Waals surface area contributed by atoms with E-state index in [1.54, 1.807) is 4.90 Å². The second kappa shape index (κ2) is 15.6. The summed E-state index contributed by atoms with van der Waals surface area (Å²) in [6.45, 7) is 7.54. The summed E-state index contributed by atoms with van der Waals surface area (Å²) in [6, 6.07) is 5.56. The number of carbonyl (C=O) groups is 2. The zero-order chi connectivity index (χ0) is 31.5. The highest BCUT2D eigenvalue weighted by atomic mass is 19.4. The van der Waals surface area contributed by atoms with Crippen molar-refractivity contribution in [2.45, 2.75) is 77.9 Å². The number of rotatable bonds is 11. The van der Waals surface area contributed by atoms with Gasteiger partial charge in [0.25, 0.3) is 5.91 Å². The molecular formula is C28H41F4N7O3. The fourth-order valence-electron chi connectivity index (χ4n) is 3.26. The van der Waals surface area contributed by atoms with Crippen molar-refractivity contribution in [1.29, 1.82) is 0 Å². The van der Waals surface area contributed by atoms with Crippen LogP contribution in [-0.4, -0.2) is 76.0 Å². The molecule has 10 nitrogen and oxygen atoms in total. The molecule has 42 heavy (non-hydrogen) atoms. The zero-order valence-electron chi connectivity index (χ0n) is 24.9. The molecule has 0 atom stereocenters. The van der Waals surface area contributed by atoms with E-state index in [-0.39, 0.29) is 18.3 Å². The van der Waals surface area contributed by atoms with Crippen LogP contribution in [0.5, 0.6) is 0 Å². The lowest BCUT2D eigenvalue weighted by atomic mass is 10.1. The molecule has 0 radical (unpaired) electrons. The van der Waals surface area contributed by atoms with E-state index in [1.165, 1.54) is 23.9 Å². The number of amides is 2. The van der Waals surface area contributed by atoms with Crippen LogP contribution in [0.3, 0.4) is 0 Å². The van der Waals surface area contributed by atoms with E-state index in [0.717, 1.165) is 50.2 Å². The number of benzene rings is 1. The number of halogens is 4. The normalized spacial score (nSPS) is 12.7. The molecule has 1 aromatic carbocycles. The lowest BCUT2D eigenvalue weighted by Crippen LogP contribution is -2.40. The number of alkyl halides is 3. The summed E-state index contributed by atoms with van der Waals surface area (Å²) >= 11 is 0. The first-order chi connectivity index (χ1) is 19.7. The average Bonchev–Trinajstić information content (AvgIpc) is 3.69. The molecule has 0 saturated heterocycles. The highest BCUT2D eigenvalue weighted by Crippen LogP contribution is 2.31. The fraction of sp³-hybridized carbons (Fsp3) is 0.571. The summed E-state index contributed by atoms with van der Waals surface area (Å²) in [4.78, 5) is 33.0. The number of nitrogens with one attached hydrogen (secondary N) is 3. The van der Waals surface area contributed by atoms with E-state index in [4.69, 9.17) is 0 Å². The molecule has 1 aliphatic rings. The Labute approximate surface area is 243 Å². The van der Waals surface area contributed by atoms with E-state index >= 15 is 0 Å². The molecule has 1 aliphatic carbocycles. The molecule has 14 heteroatoms. The predicted molar refractivity (Wildman–Crippen MR) is 151 cm³/mol. The lowest BCUT2D eigenvalue weighted by molar-refractivity contribution is -0.255. The molecule has 4 rings (SSSR count). The number of carbonyl (C=O) groups excluding carboxylic acids is 2. The molecule has 234 valence electrons. The maximum absolute atomic E-state index is 14.0. The lowest BCUT2D eigenvalue weighted by Gasteiger charge is -2.25. The summed E-state index contributed by atoms with van der Waals surface area (Å²) in [7, 11) is 2.87. The van der Waals surface area contributed by atoms with E-state index in [9.17, 15) is 27.2 Å². The number of aromatic nitrogens is 4. The first-order valence-corrected chi connectivity index (χ1v) is 13.7. The smallest absolute Gasteiger partial charge is 0.369 e. The van der Waals surface area contributed by atoms with Gasteiger partial charge in [0.1, 0.15) is 5.82 Å². The first kappa shape index (κ1) is 34.7. The van der Waals surface area contributed by atoms with Crippen molar-refractivity contribution in [3.8, 4) is 0 Å². The van der Waals surface area contributed by atoms with Crippen LogP contribution in [0.2, 0.25) is 0 Å². The number of likely N-dealkylation sites (N-methyl/N-ethyl adjacent to an activating group) is 1. The van der Waals surface area contributed by atoms with Crippen LogP contribution >= 0.6 is 0 Å². The van der Waals surface area contributed by atoms with Gasteiger partial charge < -0.3 is 25.3 Å². The standard InChI is InChI=1S/C20H26FN7O2.C5H9F3O.C3H6/c1-13(2)28-19(15(21)9-24-28)20(30)23-10-18-25-16-5-4-14(8-17(16)26-18)11-27(12-29)7-6-22-3;1-4(2,9-3)5(6,7)8;1-2-3-1/h4-5,8-9,12-13,22H,6-7,10-11H2,1-3H3,(H,23,30)(H,25,26);1-3H3;1-3H2. The number of H-pyrrole nitrogens is 1. The van der Waals surface area contributed by atoms with Crippen LogP contribution in [0.25, 0.3) is 11.0 Å². The zero-order valence-corrected chi connectivity index (χ0v) is 24.9. The molecule has 1 saturated carbocycles. The fourth-order valence-corrected chi connectivity index (χ4v) is 3.26. The van der Waals surface area contributed by atoms with Crippen molar-refractivity contribution in [2.24, 2.45) is 0 Å². The van der Waals surface area contributed by atoms with Gasteiger partial charge in [-0.05, 0) is 52.4 Å². The Balaban J connectivity index is 0.000000428. The minimum absolute atomic E-state index is 0.0982. The molecule has 0 bridgehead atoms. The van der Waals surface area contributed by atoms with Crippen LogP contribution in [0.4, 0.5) is 17.6 Å². The number of imidazole rings is 1. The van der Waals surface area contributed by atoms with Crippen molar-refractivity contribution in [3.05, 3.63) is 47.3 Å². The Morgan fingerprint density at radius 2 is 1.90 bits per heavy atom. The number of methoxy groups -OCH3 is 1. The third-order valence-electron chi connectivity index (χ3n) is 6.20. The Hall–Kier alpha value is -3.52. The highest BCUT2D eigenvalue weighted by Gasteiger charge is 2.47. The molecule has 2 heterocycles. The SMILES string of the molecule is C1CC1.CNCCN(C=O)Cc1ccc2nc(CNC(=O)c3c(F)cnn3C(C)C)[nH]c2c1.COC(C)(C)C(F)(F)F. The molecule has 2 aromatic heterocycles. The number of hydrogen-bond acceptors (Lipinski definition) is 6. The molecule has 0 unspecified atom stereocenters. The van der Waals surface area contributed by atoms with E-state index in [0.29, 0.717) is 25.5 Å². The van der Waals surface area contributed by atoms with Crippen molar-refractivity contribution >= 4 is 23.4 Å². The van der Waals surface area contributed by atoms with Gasteiger partial charge in [-0.15, -0.1) is 0 Å². The van der Waals surface area contributed by atoms with E-state index in [1.807, 2.05) is 39.1 Å². The second-order valence-electron chi connectivity index (χ2n) is 10.5. The number of fused-ring (bicyclic) bond motifs is 1. The number of ether oxygens (including phenoxy) is 1. The molecular weight excluding hydrogens is 558 g/mol. The van der Waals surface area contributed by atoms with Gasteiger partial charge in [0, 0.05) is 32.8 Å². The van der Waals surface area contributed by atoms with Gasteiger partial charge in [0.05, 0.1) is 23.8 Å². The third-order valence-corrected chi connectivity index (χ3v) is 6.20. The Bertz CT molecular complexity index is 1280. The first-order valence-electron chi connectivity index (χ1n) is 13.7. The largest absolute Gasteiger partial charge is 0.416 e. The number of hydrogen-bond donors (Lipinski definition) is 3. The molecule has 3 aromatic rings. The van der Waals surface area contributed by atoms with E-state index < -0.39 is 23.5 Å². The summed E-state index contributed by atoms with van der Waals surface area (Å²) in [5, 5.41) is 9.61. The highest BCUT2D eigenvalue weighted by molar-refractivity contribution is 5.92. The number of nitrogens with zero attached hydrogens (tertiary/aromatic N) is 4. The molecule has 3 N–H and O–H groups in total. The quantitative estimate of drug-likeness (QED) is 0.217. The van der Waals surface area contributed by atoms with Gasteiger partial charge in [-0.25, -0.2) is 9.37 Å². The topological polar surface area (TPSA) is 117 Å². The summed E-state index contributed by atoms with van der Waals surface area (Å²) in [6.07, 6.45) is 2.09. The van der Waals surface area contributed by atoms with Gasteiger partial charge in [-0.3, -0.25) is 14.3 Å². The van der Waals surface area contributed by atoms with Crippen LogP contribution in [-0.2, 0) is 22.6 Å². The van der Waals surface area contributed by atoms with Crippen molar-refractivity contribution in [1.82, 2.24) is 35.3 Å². The maximum Gasteiger partial charge on any atom is 0.416 e. The molecule has 0 spiro atoms. The molecule has 2 amide bonds. The van der Waals surface area contributed by atoms with Crippen LogP contribution < -0.4 is 10.6 Å². The Morgan fingerprint density at radius 1 is 1.24 bits per heavy atom. The third kappa shape index (κ3) is 10.4. The maximum atomic E-state index is 14.0. The van der Waals surface area contributed by atoms with Crippen molar-refractivity contribution < 1.29 is 31.9 Å². The van der Waals surface area contributed by atoms with Crippen molar-refractivity contribution in [3.63, 3.8) is 0 Å². The van der Waals surface area contributed by atoms with Crippen molar-refractivity contribution in [2.75, 3.05) is 27.2 Å². The summed E-state index contributed by atoms with van der Waals surface area (Å²) in [5.41, 5.74) is 0.392.